The number of nitrogens with zero attached hydrogens (tertiary/aromatic N) is 2. The van der Waals surface area contributed by atoms with E-state index in [0.29, 0.717) is 11.8 Å². The first-order valence-corrected chi connectivity index (χ1v) is 5.28. The fourth-order valence-corrected chi connectivity index (χ4v) is 3.14. The van der Waals surface area contributed by atoms with E-state index in [1.807, 2.05) is 0 Å². The summed E-state index contributed by atoms with van der Waals surface area (Å²) >= 11 is 0. The molecule has 3 unspecified atom stereocenters. The summed E-state index contributed by atoms with van der Waals surface area (Å²) in [5.74, 6) is 1.14. The first-order valence-electron chi connectivity index (χ1n) is 5.28. The Morgan fingerprint density at radius 1 is 1.36 bits per heavy atom. The maximum absolute atomic E-state index is 10.6. The van der Waals surface area contributed by atoms with Crippen LogP contribution >= 0.6 is 0 Å². The van der Waals surface area contributed by atoms with Crippen LogP contribution in [0.4, 0.5) is 0 Å². The van der Waals surface area contributed by atoms with Crippen LogP contribution in [-0.2, 0) is 5.60 Å². The van der Waals surface area contributed by atoms with Gasteiger partial charge in [-0.2, -0.15) is 0 Å². The Morgan fingerprint density at radius 3 is 2.86 bits per heavy atom. The van der Waals surface area contributed by atoms with Crippen LogP contribution in [0.5, 0.6) is 0 Å². The highest BCUT2D eigenvalue weighted by Crippen LogP contribution is 2.54. The Morgan fingerprint density at radius 2 is 2.29 bits per heavy atom. The van der Waals surface area contributed by atoms with Gasteiger partial charge in [-0.25, -0.2) is 0 Å². The van der Waals surface area contributed by atoms with Crippen LogP contribution in [0, 0.1) is 11.8 Å². The van der Waals surface area contributed by atoms with E-state index in [0.717, 1.165) is 18.5 Å². The number of aromatic nitrogens is 2. The summed E-state index contributed by atoms with van der Waals surface area (Å²) < 4.78 is 0. The van der Waals surface area contributed by atoms with E-state index in [4.69, 9.17) is 0 Å². The molecule has 0 radical (unpaired) electrons. The topological polar surface area (TPSA) is 46.0 Å². The third-order valence-electron chi connectivity index (χ3n) is 3.82. The molecule has 1 aromatic heterocycles. The van der Waals surface area contributed by atoms with Gasteiger partial charge in [0.2, 0.25) is 0 Å². The molecule has 74 valence electrons. The number of aliphatic hydroxyl groups is 1. The second-order valence-electron chi connectivity index (χ2n) is 4.60. The average molecular weight is 190 g/mol. The van der Waals surface area contributed by atoms with Crippen LogP contribution in [0.25, 0.3) is 0 Å². The zero-order valence-corrected chi connectivity index (χ0v) is 8.06. The maximum atomic E-state index is 10.6. The van der Waals surface area contributed by atoms with Gasteiger partial charge in [0.15, 0.2) is 0 Å². The molecule has 14 heavy (non-hydrogen) atoms. The van der Waals surface area contributed by atoms with Crippen LogP contribution in [0.2, 0.25) is 0 Å². The van der Waals surface area contributed by atoms with Crippen molar-refractivity contribution < 1.29 is 5.11 Å². The van der Waals surface area contributed by atoms with E-state index in [9.17, 15) is 5.11 Å². The lowest BCUT2D eigenvalue weighted by Crippen LogP contribution is -2.33. The van der Waals surface area contributed by atoms with Gasteiger partial charge in [0, 0.05) is 12.4 Å². The minimum absolute atomic E-state index is 0.421. The van der Waals surface area contributed by atoms with Crippen molar-refractivity contribution in [2.75, 3.05) is 0 Å². The SMILES string of the molecule is OC1(c2cnccn2)CC2CCC1C2. The van der Waals surface area contributed by atoms with Crippen molar-refractivity contribution in [2.24, 2.45) is 11.8 Å². The van der Waals surface area contributed by atoms with Crippen LogP contribution in [-0.4, -0.2) is 15.1 Å². The van der Waals surface area contributed by atoms with Gasteiger partial charge < -0.3 is 5.11 Å². The summed E-state index contributed by atoms with van der Waals surface area (Å²) in [7, 11) is 0. The molecule has 0 spiro atoms. The minimum atomic E-state index is -0.669. The van der Waals surface area contributed by atoms with Gasteiger partial charge in [-0.3, -0.25) is 9.97 Å². The lowest BCUT2D eigenvalue weighted by molar-refractivity contribution is -0.0224. The summed E-state index contributed by atoms with van der Waals surface area (Å²) in [4.78, 5) is 8.27. The fraction of sp³-hybridized carbons (Fsp3) is 0.636. The zero-order valence-electron chi connectivity index (χ0n) is 8.06. The van der Waals surface area contributed by atoms with Crippen LogP contribution in [0.15, 0.2) is 18.6 Å². The Labute approximate surface area is 83.2 Å². The molecule has 0 aromatic carbocycles. The van der Waals surface area contributed by atoms with Crippen LogP contribution in [0.3, 0.4) is 0 Å². The molecule has 1 heterocycles. The smallest absolute Gasteiger partial charge is 0.111 e. The monoisotopic (exact) mass is 190 g/mol. The standard InChI is InChI=1S/C11H14N2O/c14-11(10-7-12-3-4-13-10)6-8-1-2-9(11)5-8/h3-4,7-9,14H,1-2,5-6H2. The molecule has 3 heteroatoms. The first-order chi connectivity index (χ1) is 6.79. The Balaban J connectivity index is 1.98. The van der Waals surface area contributed by atoms with Crippen molar-refractivity contribution in [1.82, 2.24) is 9.97 Å². The van der Waals surface area contributed by atoms with Gasteiger partial charge >= 0.3 is 0 Å². The molecule has 3 nitrogen and oxygen atoms in total. The molecule has 0 amide bonds. The normalized spacial score (nSPS) is 40.4. The van der Waals surface area contributed by atoms with E-state index in [2.05, 4.69) is 9.97 Å². The average Bonchev–Trinajstić information content (AvgIpc) is 2.79. The van der Waals surface area contributed by atoms with Crippen LogP contribution in [0.1, 0.15) is 31.4 Å². The van der Waals surface area contributed by atoms with Gasteiger partial charge in [-0.05, 0) is 37.5 Å². The van der Waals surface area contributed by atoms with Crippen LogP contribution < -0.4 is 0 Å². The number of rotatable bonds is 1. The molecule has 2 aliphatic carbocycles. The third kappa shape index (κ3) is 1.02. The third-order valence-corrected chi connectivity index (χ3v) is 3.82. The molecule has 3 rings (SSSR count). The van der Waals surface area contributed by atoms with E-state index >= 15 is 0 Å². The second-order valence-corrected chi connectivity index (χ2v) is 4.60. The van der Waals surface area contributed by atoms with Crippen molar-refractivity contribution >= 4 is 0 Å². The molecule has 2 saturated carbocycles. The minimum Gasteiger partial charge on any atom is -0.383 e. The predicted octanol–water partition coefficient (Wildman–Crippen LogP) is 1.48. The Hall–Kier alpha value is -0.960. The van der Waals surface area contributed by atoms with Gasteiger partial charge in [0.25, 0.3) is 0 Å². The summed E-state index contributed by atoms with van der Waals surface area (Å²) in [6.07, 6.45) is 9.52. The highest BCUT2D eigenvalue weighted by molar-refractivity contribution is 5.15. The molecular weight excluding hydrogens is 176 g/mol. The van der Waals surface area contributed by atoms with Crippen molar-refractivity contribution in [1.29, 1.82) is 0 Å². The largest absolute Gasteiger partial charge is 0.383 e. The lowest BCUT2D eigenvalue weighted by atomic mass is 9.82. The molecule has 1 aromatic rings. The zero-order chi connectivity index (χ0) is 9.60. The molecule has 0 aliphatic heterocycles. The van der Waals surface area contributed by atoms with Crippen molar-refractivity contribution in [3.8, 4) is 0 Å². The molecule has 1 N–H and O–H groups in total. The molecule has 2 bridgehead atoms. The van der Waals surface area contributed by atoms with Gasteiger partial charge in [0.1, 0.15) is 5.60 Å². The molecule has 0 saturated heterocycles. The first kappa shape index (κ1) is 8.36. The summed E-state index contributed by atoms with van der Waals surface area (Å²) in [6, 6.07) is 0. The van der Waals surface area contributed by atoms with Gasteiger partial charge in [0.05, 0.1) is 11.9 Å². The fourth-order valence-electron chi connectivity index (χ4n) is 3.14. The number of hydrogen-bond donors (Lipinski definition) is 1. The second kappa shape index (κ2) is 2.76. The highest BCUT2D eigenvalue weighted by Gasteiger charge is 2.51. The van der Waals surface area contributed by atoms with Crippen molar-refractivity contribution in [3.63, 3.8) is 0 Å². The summed E-state index contributed by atoms with van der Waals surface area (Å²) in [5.41, 5.74) is 0.101. The Bertz CT molecular complexity index is 340. The molecule has 2 aliphatic rings. The van der Waals surface area contributed by atoms with E-state index in [1.54, 1.807) is 18.6 Å². The quantitative estimate of drug-likeness (QED) is 0.729. The van der Waals surface area contributed by atoms with Crippen molar-refractivity contribution in [3.05, 3.63) is 24.3 Å². The summed E-state index contributed by atoms with van der Waals surface area (Å²) in [5, 5.41) is 10.6. The summed E-state index contributed by atoms with van der Waals surface area (Å²) in [6.45, 7) is 0. The highest BCUT2D eigenvalue weighted by atomic mass is 16.3. The Kier molecular flexibility index (Phi) is 1.65. The van der Waals surface area contributed by atoms with Crippen molar-refractivity contribution in [2.45, 2.75) is 31.3 Å². The van der Waals surface area contributed by atoms with Gasteiger partial charge in [-0.1, -0.05) is 0 Å². The van der Waals surface area contributed by atoms with E-state index in [-0.39, 0.29) is 0 Å². The molecular formula is C11H14N2O. The van der Waals surface area contributed by atoms with E-state index in [1.165, 1.54) is 12.8 Å². The number of hydrogen-bond acceptors (Lipinski definition) is 3. The van der Waals surface area contributed by atoms with Gasteiger partial charge in [-0.15, -0.1) is 0 Å². The maximum Gasteiger partial charge on any atom is 0.111 e. The van der Waals surface area contributed by atoms with E-state index < -0.39 is 5.60 Å². The molecule has 2 fully saturated rings. The predicted molar refractivity (Wildman–Crippen MR) is 51.4 cm³/mol. The molecule has 3 atom stereocenters. The number of fused-ring (bicyclic) bond motifs is 2. The lowest BCUT2D eigenvalue weighted by Gasteiger charge is -2.31.